The molecule has 1 aromatic carbocycles. The molecule has 0 radical (unpaired) electrons. The number of likely N-dealkylation sites (tertiary alicyclic amines) is 1. The monoisotopic (exact) mass is 260 g/mol. The third-order valence-electron chi connectivity index (χ3n) is 4.18. The average molecular weight is 260 g/mol. The molecule has 2 rings (SSSR count). The van der Waals surface area contributed by atoms with Gasteiger partial charge >= 0.3 is 0 Å². The van der Waals surface area contributed by atoms with Crippen molar-refractivity contribution in [1.82, 2.24) is 10.2 Å². The highest BCUT2D eigenvalue weighted by Gasteiger charge is 2.20. The van der Waals surface area contributed by atoms with Crippen LogP contribution >= 0.6 is 0 Å². The number of nitrogens with zero attached hydrogens (tertiary/aromatic N) is 1. The number of piperidine rings is 1. The molecule has 2 atom stereocenters. The van der Waals surface area contributed by atoms with Gasteiger partial charge in [0.15, 0.2) is 0 Å². The molecule has 0 saturated carbocycles. The van der Waals surface area contributed by atoms with E-state index in [-0.39, 0.29) is 0 Å². The van der Waals surface area contributed by atoms with Gasteiger partial charge in [-0.15, -0.1) is 0 Å². The standard InChI is InChI=1S/C17H28N2/c1-13-6-5-7-19(11-13)12-17(18-4)16-9-14(2)8-15(3)10-16/h8-10,13,17-18H,5-7,11-12H2,1-4H3. The SMILES string of the molecule is CNC(CN1CCCC(C)C1)c1cc(C)cc(C)c1. The molecule has 1 aliphatic heterocycles. The number of nitrogens with one attached hydrogen (secondary N) is 1. The Morgan fingerprint density at radius 2 is 1.95 bits per heavy atom. The molecule has 1 aliphatic rings. The lowest BCUT2D eigenvalue weighted by molar-refractivity contribution is 0.169. The first-order valence-corrected chi connectivity index (χ1v) is 7.56. The normalized spacial score (nSPS) is 22.4. The van der Waals surface area contributed by atoms with Crippen LogP contribution in [0, 0.1) is 19.8 Å². The molecule has 0 bridgehead atoms. The van der Waals surface area contributed by atoms with Crippen LogP contribution in [0.1, 0.15) is 42.5 Å². The molecule has 0 aromatic heterocycles. The maximum absolute atomic E-state index is 3.49. The zero-order valence-electron chi connectivity index (χ0n) is 12.9. The molecule has 0 aliphatic carbocycles. The molecular weight excluding hydrogens is 232 g/mol. The molecule has 2 unspecified atom stereocenters. The zero-order chi connectivity index (χ0) is 13.8. The summed E-state index contributed by atoms with van der Waals surface area (Å²) in [7, 11) is 2.08. The largest absolute Gasteiger partial charge is 0.312 e. The Kier molecular flexibility index (Phi) is 5.00. The Bertz CT molecular complexity index is 393. The summed E-state index contributed by atoms with van der Waals surface area (Å²) in [5.41, 5.74) is 4.16. The van der Waals surface area contributed by atoms with Crippen molar-refractivity contribution in [3.05, 3.63) is 34.9 Å². The fraction of sp³-hybridized carbons (Fsp3) is 0.647. The minimum absolute atomic E-state index is 0.448. The van der Waals surface area contributed by atoms with Gasteiger partial charge in [0.05, 0.1) is 0 Å². The Morgan fingerprint density at radius 1 is 1.26 bits per heavy atom. The summed E-state index contributed by atoms with van der Waals surface area (Å²) in [5, 5.41) is 3.49. The van der Waals surface area contributed by atoms with Crippen LogP contribution < -0.4 is 5.32 Å². The van der Waals surface area contributed by atoms with Crippen molar-refractivity contribution in [3.63, 3.8) is 0 Å². The second-order valence-corrected chi connectivity index (χ2v) is 6.27. The maximum Gasteiger partial charge on any atom is 0.0447 e. The Labute approximate surface area is 118 Å². The second kappa shape index (κ2) is 6.53. The van der Waals surface area contributed by atoms with Crippen LogP contribution in [0.5, 0.6) is 0 Å². The van der Waals surface area contributed by atoms with Gasteiger partial charge in [-0.25, -0.2) is 0 Å². The Morgan fingerprint density at radius 3 is 2.53 bits per heavy atom. The second-order valence-electron chi connectivity index (χ2n) is 6.27. The lowest BCUT2D eigenvalue weighted by Gasteiger charge is -2.33. The van der Waals surface area contributed by atoms with E-state index in [9.17, 15) is 0 Å². The van der Waals surface area contributed by atoms with E-state index >= 15 is 0 Å². The molecule has 1 fully saturated rings. The van der Waals surface area contributed by atoms with Gasteiger partial charge in [0.2, 0.25) is 0 Å². The fourth-order valence-electron chi connectivity index (χ4n) is 3.29. The van der Waals surface area contributed by atoms with Crippen LogP contribution in [0.3, 0.4) is 0 Å². The summed E-state index contributed by atoms with van der Waals surface area (Å²) in [6.45, 7) is 10.4. The summed E-state index contributed by atoms with van der Waals surface area (Å²) in [4.78, 5) is 2.62. The number of aryl methyl sites for hydroxylation is 2. The summed E-state index contributed by atoms with van der Waals surface area (Å²) in [5.74, 6) is 0.852. The van der Waals surface area contributed by atoms with E-state index in [1.54, 1.807) is 0 Å². The van der Waals surface area contributed by atoms with Gasteiger partial charge in [-0.05, 0) is 51.8 Å². The summed E-state index contributed by atoms with van der Waals surface area (Å²) in [6.07, 6.45) is 2.74. The van der Waals surface area contributed by atoms with Crippen molar-refractivity contribution >= 4 is 0 Å². The first-order chi connectivity index (χ1) is 9.08. The molecule has 0 spiro atoms. The van der Waals surface area contributed by atoms with Gasteiger partial charge in [-0.3, -0.25) is 0 Å². The van der Waals surface area contributed by atoms with Gasteiger partial charge in [-0.2, -0.15) is 0 Å². The van der Waals surface area contributed by atoms with Gasteiger partial charge in [0.1, 0.15) is 0 Å². The smallest absolute Gasteiger partial charge is 0.0447 e. The molecule has 1 heterocycles. The number of hydrogen-bond acceptors (Lipinski definition) is 2. The Hall–Kier alpha value is -0.860. The highest BCUT2D eigenvalue weighted by atomic mass is 15.2. The van der Waals surface area contributed by atoms with Crippen molar-refractivity contribution in [2.45, 2.75) is 39.7 Å². The molecule has 1 aromatic rings. The van der Waals surface area contributed by atoms with Crippen LogP contribution in [-0.4, -0.2) is 31.6 Å². The summed E-state index contributed by atoms with van der Waals surface area (Å²) < 4.78 is 0. The molecule has 19 heavy (non-hydrogen) atoms. The lowest BCUT2D eigenvalue weighted by atomic mass is 9.97. The molecule has 106 valence electrons. The third kappa shape index (κ3) is 4.05. The van der Waals surface area contributed by atoms with Crippen molar-refractivity contribution in [3.8, 4) is 0 Å². The fourth-order valence-corrected chi connectivity index (χ4v) is 3.29. The van der Waals surface area contributed by atoms with E-state index < -0.39 is 0 Å². The molecule has 1 saturated heterocycles. The van der Waals surface area contributed by atoms with Crippen molar-refractivity contribution in [2.75, 3.05) is 26.7 Å². The van der Waals surface area contributed by atoms with E-state index in [4.69, 9.17) is 0 Å². The molecule has 2 nitrogen and oxygen atoms in total. The van der Waals surface area contributed by atoms with Crippen molar-refractivity contribution in [2.24, 2.45) is 5.92 Å². The number of rotatable bonds is 4. The third-order valence-corrected chi connectivity index (χ3v) is 4.18. The van der Waals surface area contributed by atoms with Crippen LogP contribution in [0.2, 0.25) is 0 Å². The van der Waals surface area contributed by atoms with Crippen molar-refractivity contribution in [1.29, 1.82) is 0 Å². The van der Waals surface area contributed by atoms with Gasteiger partial charge in [-0.1, -0.05) is 36.2 Å². The quantitative estimate of drug-likeness (QED) is 0.893. The maximum atomic E-state index is 3.49. The van der Waals surface area contributed by atoms with Gasteiger partial charge in [0.25, 0.3) is 0 Å². The highest BCUT2D eigenvalue weighted by molar-refractivity contribution is 5.30. The number of likely N-dealkylation sites (N-methyl/N-ethyl adjacent to an activating group) is 1. The predicted octanol–water partition coefficient (Wildman–Crippen LogP) is 3.30. The Balaban J connectivity index is 2.06. The average Bonchev–Trinajstić information content (AvgIpc) is 2.34. The van der Waals surface area contributed by atoms with E-state index in [1.165, 1.54) is 42.6 Å². The highest BCUT2D eigenvalue weighted by Crippen LogP contribution is 2.21. The van der Waals surface area contributed by atoms with E-state index in [0.717, 1.165) is 12.5 Å². The molecule has 2 heteroatoms. The van der Waals surface area contributed by atoms with Crippen LogP contribution in [0.25, 0.3) is 0 Å². The molecule has 1 N–H and O–H groups in total. The topological polar surface area (TPSA) is 15.3 Å². The summed E-state index contributed by atoms with van der Waals surface area (Å²) in [6, 6.07) is 7.34. The first kappa shape index (κ1) is 14.5. The van der Waals surface area contributed by atoms with Crippen molar-refractivity contribution < 1.29 is 0 Å². The minimum atomic E-state index is 0.448. The predicted molar refractivity (Wildman–Crippen MR) is 82.6 cm³/mol. The van der Waals surface area contributed by atoms with Crippen LogP contribution in [-0.2, 0) is 0 Å². The van der Waals surface area contributed by atoms with Gasteiger partial charge in [0, 0.05) is 19.1 Å². The summed E-state index contributed by atoms with van der Waals surface area (Å²) >= 11 is 0. The first-order valence-electron chi connectivity index (χ1n) is 7.56. The van der Waals surface area contributed by atoms with Crippen LogP contribution in [0.15, 0.2) is 18.2 Å². The molecular formula is C17H28N2. The zero-order valence-corrected chi connectivity index (χ0v) is 12.9. The molecule has 0 amide bonds. The van der Waals surface area contributed by atoms with E-state index in [2.05, 4.69) is 56.2 Å². The van der Waals surface area contributed by atoms with E-state index in [1.807, 2.05) is 0 Å². The minimum Gasteiger partial charge on any atom is -0.312 e. The van der Waals surface area contributed by atoms with Crippen LogP contribution in [0.4, 0.5) is 0 Å². The number of hydrogen-bond donors (Lipinski definition) is 1. The van der Waals surface area contributed by atoms with Gasteiger partial charge < -0.3 is 10.2 Å². The number of benzene rings is 1. The lowest BCUT2D eigenvalue weighted by Crippen LogP contribution is -2.39. The van der Waals surface area contributed by atoms with E-state index in [0.29, 0.717) is 6.04 Å².